The Bertz CT molecular complexity index is 1340. The number of carboxylic acids is 1. The minimum atomic E-state index is -0.897. The number of unbranched alkanes of at least 4 members (excludes halogenated alkanes) is 4. The Kier molecular flexibility index (Phi) is 35.7. The SMILES string of the molecule is CC/C=C/C=C/C=C/C=C/CCCCCC(=O)OCC(COCCC(C(=O)O)[N+](C)(C)C)OC(=O)CCC/C=C/C/C=C/C/C=C/C/C=C/C/C=C/C/C=C/CC. The van der Waals surface area contributed by atoms with E-state index in [-0.39, 0.29) is 49.1 Å². The van der Waals surface area contributed by atoms with Gasteiger partial charge in [0.1, 0.15) is 6.61 Å². The smallest absolute Gasteiger partial charge is 0.362 e. The summed E-state index contributed by atoms with van der Waals surface area (Å²) in [5.41, 5.74) is 0. The number of nitrogens with zero attached hydrogens (tertiary/aromatic N) is 1. The molecule has 0 rings (SSSR count). The first-order valence-electron chi connectivity index (χ1n) is 21.1. The lowest BCUT2D eigenvalue weighted by atomic mass is 10.1. The van der Waals surface area contributed by atoms with Crippen LogP contribution in [0.4, 0.5) is 0 Å². The summed E-state index contributed by atoms with van der Waals surface area (Å²) >= 11 is 0. The highest BCUT2D eigenvalue weighted by atomic mass is 16.6. The van der Waals surface area contributed by atoms with Crippen molar-refractivity contribution in [2.75, 3.05) is 41.0 Å². The fourth-order valence-electron chi connectivity index (χ4n) is 5.23. The zero-order valence-electron chi connectivity index (χ0n) is 36.0. The van der Waals surface area contributed by atoms with Gasteiger partial charge in [0.15, 0.2) is 12.1 Å². The topological polar surface area (TPSA) is 99.1 Å². The average molecular weight is 791 g/mol. The van der Waals surface area contributed by atoms with Crippen LogP contribution in [0.2, 0.25) is 0 Å². The second-order valence-corrected chi connectivity index (χ2v) is 14.6. The van der Waals surface area contributed by atoms with Crippen LogP contribution in [0.1, 0.15) is 117 Å². The lowest BCUT2D eigenvalue weighted by molar-refractivity contribution is -0.887. The quantitative estimate of drug-likeness (QED) is 0.0224. The van der Waals surface area contributed by atoms with Crippen molar-refractivity contribution in [2.45, 2.75) is 129 Å². The second kappa shape index (κ2) is 38.6. The molecular weight excluding hydrogens is 715 g/mol. The molecule has 0 aromatic rings. The highest BCUT2D eigenvalue weighted by molar-refractivity contribution is 5.72. The summed E-state index contributed by atoms with van der Waals surface area (Å²) in [5, 5.41) is 9.61. The van der Waals surface area contributed by atoms with Crippen LogP contribution < -0.4 is 0 Å². The molecule has 57 heavy (non-hydrogen) atoms. The van der Waals surface area contributed by atoms with Crippen molar-refractivity contribution in [3.05, 3.63) is 122 Å². The Balaban J connectivity index is 4.56. The molecule has 318 valence electrons. The summed E-state index contributed by atoms with van der Waals surface area (Å²) in [7, 11) is 5.47. The van der Waals surface area contributed by atoms with E-state index in [0.29, 0.717) is 19.3 Å². The minimum Gasteiger partial charge on any atom is -0.477 e. The number of allylic oxidation sites excluding steroid dienone is 20. The molecule has 0 bridgehead atoms. The van der Waals surface area contributed by atoms with E-state index >= 15 is 0 Å². The second-order valence-electron chi connectivity index (χ2n) is 14.6. The molecule has 8 heteroatoms. The maximum absolute atomic E-state index is 12.7. The molecule has 0 aliphatic heterocycles. The van der Waals surface area contributed by atoms with Crippen molar-refractivity contribution in [3.63, 3.8) is 0 Å². The van der Waals surface area contributed by atoms with Crippen LogP contribution in [0.15, 0.2) is 122 Å². The van der Waals surface area contributed by atoms with Gasteiger partial charge in [-0.2, -0.15) is 0 Å². The van der Waals surface area contributed by atoms with Gasteiger partial charge in [-0.05, 0) is 77.0 Å². The van der Waals surface area contributed by atoms with E-state index in [9.17, 15) is 19.5 Å². The van der Waals surface area contributed by atoms with Crippen molar-refractivity contribution in [1.82, 2.24) is 0 Å². The summed E-state index contributed by atoms with van der Waals surface area (Å²) in [6.45, 7) is 4.33. The molecule has 0 aliphatic carbocycles. The molecule has 0 radical (unpaired) electrons. The Morgan fingerprint density at radius 1 is 0.544 bits per heavy atom. The molecule has 0 amide bonds. The summed E-state index contributed by atoms with van der Waals surface area (Å²) in [5.74, 6) is -1.62. The molecule has 0 heterocycles. The number of esters is 2. The maximum atomic E-state index is 12.7. The third-order valence-corrected chi connectivity index (χ3v) is 8.45. The van der Waals surface area contributed by atoms with Crippen LogP contribution in [0.25, 0.3) is 0 Å². The van der Waals surface area contributed by atoms with Crippen LogP contribution in [-0.4, -0.2) is 80.6 Å². The van der Waals surface area contributed by atoms with Crippen LogP contribution in [0.3, 0.4) is 0 Å². The van der Waals surface area contributed by atoms with Gasteiger partial charge >= 0.3 is 17.9 Å². The number of likely N-dealkylation sites (N-methyl/N-ethyl adjacent to an activating group) is 1. The third kappa shape index (κ3) is 37.1. The van der Waals surface area contributed by atoms with Gasteiger partial charge in [0.2, 0.25) is 0 Å². The van der Waals surface area contributed by atoms with E-state index in [1.807, 2.05) is 57.6 Å². The van der Waals surface area contributed by atoms with Gasteiger partial charge in [-0.15, -0.1) is 0 Å². The van der Waals surface area contributed by atoms with Gasteiger partial charge < -0.3 is 23.8 Å². The van der Waals surface area contributed by atoms with Crippen LogP contribution in [0, 0.1) is 0 Å². The molecule has 2 unspecified atom stereocenters. The van der Waals surface area contributed by atoms with Crippen LogP contribution >= 0.6 is 0 Å². The first-order chi connectivity index (χ1) is 27.6. The Morgan fingerprint density at radius 2 is 1.04 bits per heavy atom. The number of carbonyl (C=O) groups is 3. The van der Waals surface area contributed by atoms with E-state index in [2.05, 4.69) is 98.9 Å². The molecule has 0 aromatic heterocycles. The van der Waals surface area contributed by atoms with E-state index < -0.39 is 18.1 Å². The van der Waals surface area contributed by atoms with E-state index in [1.54, 1.807) is 0 Å². The molecule has 0 spiro atoms. The molecule has 0 saturated carbocycles. The Morgan fingerprint density at radius 3 is 1.58 bits per heavy atom. The van der Waals surface area contributed by atoms with E-state index in [1.165, 1.54) is 0 Å². The zero-order chi connectivity index (χ0) is 42.1. The molecule has 2 atom stereocenters. The highest BCUT2D eigenvalue weighted by Gasteiger charge is 2.31. The summed E-state index contributed by atoms with van der Waals surface area (Å²) < 4.78 is 17.1. The fraction of sp³-hybridized carbons (Fsp3) is 0.531. The maximum Gasteiger partial charge on any atom is 0.362 e. The highest BCUT2D eigenvalue weighted by Crippen LogP contribution is 2.11. The summed E-state index contributed by atoms with van der Waals surface area (Å²) in [4.78, 5) is 36.9. The van der Waals surface area contributed by atoms with Crippen molar-refractivity contribution >= 4 is 17.9 Å². The van der Waals surface area contributed by atoms with Gasteiger partial charge in [0.25, 0.3) is 0 Å². The molecule has 0 aliphatic rings. The van der Waals surface area contributed by atoms with Crippen molar-refractivity contribution in [2.24, 2.45) is 0 Å². The number of hydrogen-bond acceptors (Lipinski definition) is 6. The van der Waals surface area contributed by atoms with Crippen molar-refractivity contribution < 1.29 is 38.2 Å². The lowest BCUT2D eigenvalue weighted by Crippen LogP contribution is -2.50. The molecule has 0 fully saturated rings. The number of rotatable bonds is 35. The Labute approximate surface area is 346 Å². The van der Waals surface area contributed by atoms with Crippen LogP contribution in [-0.2, 0) is 28.6 Å². The largest absolute Gasteiger partial charge is 0.477 e. The van der Waals surface area contributed by atoms with Gasteiger partial charge in [-0.1, -0.05) is 142 Å². The van der Waals surface area contributed by atoms with Crippen molar-refractivity contribution in [1.29, 1.82) is 0 Å². The molecule has 1 N–H and O–H groups in total. The lowest BCUT2D eigenvalue weighted by Gasteiger charge is -2.31. The molecule has 0 aromatic carbocycles. The average Bonchev–Trinajstić information content (AvgIpc) is 3.17. The van der Waals surface area contributed by atoms with E-state index in [0.717, 1.165) is 70.6 Å². The summed E-state index contributed by atoms with van der Waals surface area (Å²) in [6, 6.07) is -0.639. The van der Waals surface area contributed by atoms with Crippen molar-refractivity contribution in [3.8, 4) is 0 Å². The number of hydrogen-bond donors (Lipinski definition) is 1. The van der Waals surface area contributed by atoms with Gasteiger partial charge in [0, 0.05) is 19.3 Å². The number of ether oxygens (including phenoxy) is 3. The molecule has 0 saturated heterocycles. The number of quaternary nitrogens is 1. The zero-order valence-corrected chi connectivity index (χ0v) is 36.0. The summed E-state index contributed by atoms with van der Waals surface area (Å²) in [6.07, 6.45) is 54.0. The number of carboxylic acid groups (broad SMARTS) is 1. The molecule has 8 nitrogen and oxygen atoms in total. The monoisotopic (exact) mass is 791 g/mol. The van der Waals surface area contributed by atoms with Gasteiger partial charge in [0.05, 0.1) is 34.4 Å². The minimum absolute atomic E-state index is 0.0155. The first kappa shape index (κ1) is 52.7. The first-order valence-corrected chi connectivity index (χ1v) is 21.1. The predicted molar refractivity (Wildman–Crippen MR) is 238 cm³/mol. The molecular formula is C49H76NO7+. The van der Waals surface area contributed by atoms with Crippen LogP contribution in [0.5, 0.6) is 0 Å². The predicted octanol–water partition coefficient (Wildman–Crippen LogP) is 11.5. The van der Waals surface area contributed by atoms with Gasteiger partial charge in [-0.3, -0.25) is 9.59 Å². The number of carbonyl (C=O) groups excluding carboxylic acids is 2. The number of aliphatic carboxylic acids is 1. The Hall–Kier alpha value is -4.27. The fourth-order valence-corrected chi connectivity index (χ4v) is 5.23. The van der Waals surface area contributed by atoms with E-state index in [4.69, 9.17) is 14.2 Å². The standard InChI is InChI=1S/C49H75NO7/c1-6-8-10-12-14-16-18-20-21-22-23-24-25-26-28-30-32-34-36-38-40-48(52)57-45(43-55-42-41-46(49(53)54)50(3,4)5)44-56-47(51)39-37-35-33-31-29-27-19-17-15-13-11-9-7-2/h8-11,13-17,19-21,23-24,26-29,32,34,45-46H,6-7,12,18,22,25,30-31,33,35-44H2,1-5H3/p+1/b10-8+,11-9+,15-13+,16-14+,19-17+,21-20+,24-23+,28-26+,29-27+,34-32+. The normalized spacial score (nSPS) is 14.2. The third-order valence-electron chi connectivity index (χ3n) is 8.45. The van der Waals surface area contributed by atoms with Gasteiger partial charge in [-0.25, -0.2) is 4.79 Å².